The Morgan fingerprint density at radius 3 is 1.73 bits per heavy atom. The van der Waals surface area contributed by atoms with E-state index >= 15 is 0 Å². The molecule has 0 aromatic carbocycles. The van der Waals surface area contributed by atoms with Crippen molar-refractivity contribution in [2.24, 2.45) is 0 Å². The largest absolute Gasteiger partial charge is 0.472 e. The van der Waals surface area contributed by atoms with Crippen LogP contribution >= 0.6 is 0 Å². The third kappa shape index (κ3) is 3.49. The normalized spacial score (nSPS) is 11.3. The molecule has 4 nitrogen and oxygen atoms in total. The second-order valence-electron chi connectivity index (χ2n) is 4.23. The van der Waals surface area contributed by atoms with E-state index in [0.717, 1.165) is 0 Å². The predicted molar refractivity (Wildman–Crippen MR) is 59.8 cm³/mol. The number of hydrogen-bond donors (Lipinski definition) is 0. The smallest absolute Gasteiger partial charge is 0.193 e. The maximum Gasteiger partial charge on any atom is 0.193 e. The molecule has 0 aliphatic rings. The summed E-state index contributed by atoms with van der Waals surface area (Å²) >= 11 is 0. The molecule has 0 amide bonds. The van der Waals surface area contributed by atoms with Crippen LogP contribution in [0, 0.1) is 0 Å². The van der Waals surface area contributed by atoms with E-state index in [-0.39, 0.29) is 5.43 Å². The van der Waals surface area contributed by atoms with E-state index in [1.54, 1.807) is 0 Å². The van der Waals surface area contributed by atoms with Gasteiger partial charge < -0.3 is 14.2 Å². The van der Waals surface area contributed by atoms with E-state index in [1.165, 1.54) is 12.5 Å². The maximum atomic E-state index is 11.9. The minimum Gasteiger partial charge on any atom is -0.472 e. The monoisotopic (exact) mass is 210 g/mol. The van der Waals surface area contributed by atoms with Crippen molar-refractivity contribution >= 4 is 0 Å². The molecular formula is C11H18N2O2. The minimum atomic E-state index is 0.0867. The highest BCUT2D eigenvalue weighted by molar-refractivity contribution is 5.16. The molecule has 0 aliphatic carbocycles. The zero-order valence-electron chi connectivity index (χ0n) is 9.78. The van der Waals surface area contributed by atoms with Gasteiger partial charge in [-0.2, -0.15) is 0 Å². The minimum absolute atomic E-state index is 0.0867. The second-order valence-corrected chi connectivity index (χ2v) is 4.23. The van der Waals surface area contributed by atoms with Gasteiger partial charge in [0.15, 0.2) is 5.43 Å². The summed E-state index contributed by atoms with van der Waals surface area (Å²) in [6, 6.07) is 0. The molecule has 4 heteroatoms. The molecule has 0 bridgehead atoms. The van der Waals surface area contributed by atoms with Gasteiger partial charge in [0.25, 0.3) is 0 Å². The molecule has 0 saturated carbocycles. The van der Waals surface area contributed by atoms with Crippen molar-refractivity contribution in [3.8, 4) is 0 Å². The molecule has 84 valence electrons. The summed E-state index contributed by atoms with van der Waals surface area (Å²) in [5, 5.41) is 0. The Morgan fingerprint density at radius 1 is 1.00 bits per heavy atom. The Kier molecular flexibility index (Phi) is 4.05. The van der Waals surface area contributed by atoms with E-state index < -0.39 is 0 Å². The molecule has 0 N–H and O–H groups in total. The van der Waals surface area contributed by atoms with Crippen molar-refractivity contribution in [1.29, 1.82) is 0 Å². The van der Waals surface area contributed by atoms with Crippen LogP contribution in [0.15, 0.2) is 21.7 Å². The lowest BCUT2D eigenvalue weighted by Crippen LogP contribution is -2.23. The zero-order valence-corrected chi connectivity index (χ0v) is 9.78. The molecule has 1 rings (SSSR count). The molecule has 0 unspecified atom stereocenters. The van der Waals surface area contributed by atoms with Crippen molar-refractivity contribution in [3.63, 3.8) is 0 Å². The molecule has 0 radical (unpaired) electrons. The van der Waals surface area contributed by atoms with Gasteiger partial charge in [-0.05, 0) is 28.2 Å². The van der Waals surface area contributed by atoms with Crippen LogP contribution in [0.4, 0.5) is 0 Å². The summed E-state index contributed by atoms with van der Waals surface area (Å²) in [4.78, 5) is 15.8. The first-order valence-electron chi connectivity index (χ1n) is 4.88. The fourth-order valence-electron chi connectivity index (χ4n) is 1.41. The second kappa shape index (κ2) is 5.09. The summed E-state index contributed by atoms with van der Waals surface area (Å²) < 4.78 is 5.17. The van der Waals surface area contributed by atoms with Gasteiger partial charge in [0.2, 0.25) is 0 Å². The third-order valence-electron chi connectivity index (χ3n) is 1.98. The highest BCUT2D eigenvalue weighted by atomic mass is 16.3. The van der Waals surface area contributed by atoms with Gasteiger partial charge in [-0.25, -0.2) is 0 Å². The van der Waals surface area contributed by atoms with Crippen LogP contribution in [-0.2, 0) is 13.1 Å². The third-order valence-corrected chi connectivity index (χ3v) is 1.98. The van der Waals surface area contributed by atoms with Crippen LogP contribution in [0.2, 0.25) is 0 Å². The highest BCUT2D eigenvalue weighted by Crippen LogP contribution is 2.01. The maximum absolute atomic E-state index is 11.9. The average molecular weight is 210 g/mol. The van der Waals surface area contributed by atoms with Crippen molar-refractivity contribution < 1.29 is 4.42 Å². The molecule has 15 heavy (non-hydrogen) atoms. The molecule has 0 aliphatic heterocycles. The van der Waals surface area contributed by atoms with Gasteiger partial charge in [-0.3, -0.25) is 4.79 Å². The van der Waals surface area contributed by atoms with Gasteiger partial charge in [-0.1, -0.05) is 0 Å². The van der Waals surface area contributed by atoms with Gasteiger partial charge in [-0.15, -0.1) is 0 Å². The first kappa shape index (κ1) is 11.9. The van der Waals surface area contributed by atoms with E-state index in [2.05, 4.69) is 0 Å². The quantitative estimate of drug-likeness (QED) is 0.735. The lowest BCUT2D eigenvalue weighted by molar-refractivity contribution is 0.377. The van der Waals surface area contributed by atoms with E-state index in [0.29, 0.717) is 24.2 Å². The van der Waals surface area contributed by atoms with Crippen LogP contribution in [0.25, 0.3) is 0 Å². The fraction of sp³-hybridized carbons (Fsp3) is 0.545. The topological polar surface area (TPSA) is 36.7 Å². The number of nitrogens with zero attached hydrogens (tertiary/aromatic N) is 2. The van der Waals surface area contributed by atoms with Crippen molar-refractivity contribution in [3.05, 3.63) is 33.9 Å². The van der Waals surface area contributed by atoms with Crippen LogP contribution in [0.5, 0.6) is 0 Å². The summed E-state index contributed by atoms with van der Waals surface area (Å²) in [6.45, 7) is 1.23. The summed E-state index contributed by atoms with van der Waals surface area (Å²) in [6.07, 6.45) is 3.06. The van der Waals surface area contributed by atoms with Crippen molar-refractivity contribution in [2.75, 3.05) is 28.2 Å². The van der Waals surface area contributed by atoms with Gasteiger partial charge in [0.05, 0.1) is 12.5 Å². The van der Waals surface area contributed by atoms with Crippen LogP contribution in [0.3, 0.4) is 0 Å². The molecule has 1 aromatic rings. The predicted octanol–water partition coefficient (Wildman–Crippen LogP) is 0.763. The van der Waals surface area contributed by atoms with Crippen LogP contribution in [0.1, 0.15) is 11.1 Å². The number of hydrogen-bond acceptors (Lipinski definition) is 4. The lowest BCUT2D eigenvalue weighted by atomic mass is 10.2. The number of rotatable bonds is 4. The van der Waals surface area contributed by atoms with Crippen LogP contribution < -0.4 is 5.43 Å². The van der Waals surface area contributed by atoms with Gasteiger partial charge >= 0.3 is 0 Å². The Morgan fingerprint density at radius 2 is 1.40 bits per heavy atom. The van der Waals surface area contributed by atoms with E-state index in [4.69, 9.17) is 4.42 Å². The van der Waals surface area contributed by atoms with E-state index in [9.17, 15) is 4.79 Å². The Bertz CT molecular complexity index is 338. The lowest BCUT2D eigenvalue weighted by Gasteiger charge is -2.11. The Hall–Kier alpha value is -1.13. The standard InChI is InChI=1S/C11H18N2O2/c1-12(2)5-9-7-15-8-10(11(9)14)6-13(3)4/h7-8H,5-6H2,1-4H3. The molecule has 0 fully saturated rings. The SMILES string of the molecule is CN(C)Cc1cocc(CN(C)C)c1=O. The first-order valence-corrected chi connectivity index (χ1v) is 4.88. The van der Waals surface area contributed by atoms with Crippen molar-refractivity contribution in [2.45, 2.75) is 13.1 Å². The molecule has 0 saturated heterocycles. The molecule has 1 heterocycles. The average Bonchev–Trinajstić information content (AvgIpc) is 2.10. The summed E-state index contributed by atoms with van der Waals surface area (Å²) in [5.41, 5.74) is 1.50. The Balaban J connectivity index is 2.95. The van der Waals surface area contributed by atoms with E-state index in [1.807, 2.05) is 38.0 Å². The molecular weight excluding hydrogens is 192 g/mol. The fourth-order valence-corrected chi connectivity index (χ4v) is 1.41. The van der Waals surface area contributed by atoms with Gasteiger partial charge in [0, 0.05) is 24.2 Å². The molecule has 0 spiro atoms. The summed E-state index contributed by atoms with van der Waals surface area (Å²) in [7, 11) is 7.71. The van der Waals surface area contributed by atoms with Crippen LogP contribution in [-0.4, -0.2) is 38.0 Å². The first-order chi connectivity index (χ1) is 7.00. The van der Waals surface area contributed by atoms with Crippen molar-refractivity contribution in [1.82, 2.24) is 9.80 Å². The summed E-state index contributed by atoms with van der Waals surface area (Å²) in [5.74, 6) is 0. The molecule has 0 atom stereocenters. The molecule has 1 aromatic heterocycles. The zero-order chi connectivity index (χ0) is 11.4. The van der Waals surface area contributed by atoms with Gasteiger partial charge in [0.1, 0.15) is 0 Å². The Labute approximate surface area is 90.1 Å². The highest BCUT2D eigenvalue weighted by Gasteiger charge is 2.08.